The van der Waals surface area contributed by atoms with Gasteiger partial charge < -0.3 is 29.5 Å². The smallest absolute Gasteiger partial charge is 0.255 e. The molecule has 2 atom stereocenters. The van der Waals surface area contributed by atoms with E-state index in [4.69, 9.17) is 14.2 Å². The van der Waals surface area contributed by atoms with Gasteiger partial charge in [-0.1, -0.05) is 6.92 Å². The molecule has 2 unspecified atom stereocenters. The number of nitrogens with one attached hydrogen (secondary N) is 2. The van der Waals surface area contributed by atoms with Gasteiger partial charge in [-0.15, -0.1) is 0 Å². The normalized spacial score (nSPS) is 18.4. The molecule has 0 aliphatic carbocycles. The average molecular weight is 492 g/mol. The number of fused-ring (bicyclic) bond motifs is 1. The molecular weight excluding hydrogens is 458 g/mol. The zero-order valence-corrected chi connectivity index (χ0v) is 19.9. The standard InChI is InChI=1S/C24H33N3O8/c1-2-8-34-14-18(28)15-35-11-10-33-9-7-22(30)25-17-3-4-19-16(12-17)13-27(24(19)32)20-5-6-21(29)26-23(20)31/h3-4,12,18,20,28H,2,5-11,13-15H2,1H3,(H,25,30)(H,26,29,31). The van der Waals surface area contributed by atoms with E-state index in [1.54, 1.807) is 18.2 Å². The van der Waals surface area contributed by atoms with Crippen molar-refractivity contribution in [1.29, 1.82) is 0 Å². The lowest BCUT2D eigenvalue weighted by Gasteiger charge is -2.29. The van der Waals surface area contributed by atoms with Crippen LogP contribution in [-0.2, 0) is 35.1 Å². The quantitative estimate of drug-likeness (QED) is 0.254. The van der Waals surface area contributed by atoms with Crippen LogP contribution in [0.4, 0.5) is 5.69 Å². The summed E-state index contributed by atoms with van der Waals surface area (Å²) >= 11 is 0. The number of aliphatic hydroxyl groups is 1. The Morgan fingerprint density at radius 1 is 1.14 bits per heavy atom. The molecule has 11 nitrogen and oxygen atoms in total. The van der Waals surface area contributed by atoms with Crippen molar-refractivity contribution in [1.82, 2.24) is 10.2 Å². The van der Waals surface area contributed by atoms with Gasteiger partial charge in [-0.2, -0.15) is 0 Å². The molecule has 1 aromatic rings. The molecule has 1 aromatic carbocycles. The van der Waals surface area contributed by atoms with E-state index < -0.39 is 18.1 Å². The zero-order chi connectivity index (χ0) is 25.2. The third-order valence-electron chi connectivity index (χ3n) is 5.62. The lowest BCUT2D eigenvalue weighted by Crippen LogP contribution is -2.52. The van der Waals surface area contributed by atoms with Crippen LogP contribution < -0.4 is 10.6 Å². The van der Waals surface area contributed by atoms with Crippen LogP contribution in [0.3, 0.4) is 0 Å². The molecule has 0 saturated carbocycles. The maximum Gasteiger partial charge on any atom is 0.255 e. The molecule has 2 heterocycles. The van der Waals surface area contributed by atoms with E-state index in [0.717, 1.165) is 6.42 Å². The highest BCUT2D eigenvalue weighted by atomic mass is 16.5. The molecule has 11 heteroatoms. The minimum Gasteiger partial charge on any atom is -0.388 e. The second-order valence-electron chi connectivity index (χ2n) is 8.49. The molecule has 2 aliphatic rings. The van der Waals surface area contributed by atoms with E-state index in [1.807, 2.05) is 6.92 Å². The molecule has 192 valence electrons. The van der Waals surface area contributed by atoms with Crippen LogP contribution in [0.15, 0.2) is 18.2 Å². The van der Waals surface area contributed by atoms with Crippen LogP contribution in [0.2, 0.25) is 0 Å². The Hall–Kier alpha value is -2.86. The Morgan fingerprint density at radius 2 is 1.89 bits per heavy atom. The van der Waals surface area contributed by atoms with E-state index in [0.29, 0.717) is 43.1 Å². The van der Waals surface area contributed by atoms with Crippen molar-refractivity contribution in [2.75, 3.05) is 45.0 Å². The van der Waals surface area contributed by atoms with Gasteiger partial charge in [0, 0.05) is 30.8 Å². The number of hydrogen-bond acceptors (Lipinski definition) is 8. The number of benzene rings is 1. The number of aliphatic hydroxyl groups excluding tert-OH is 1. The first-order valence-corrected chi connectivity index (χ1v) is 11.9. The van der Waals surface area contributed by atoms with Crippen LogP contribution in [0.25, 0.3) is 0 Å². The summed E-state index contributed by atoms with van der Waals surface area (Å²) in [6.45, 7) is 4.05. The monoisotopic (exact) mass is 491 g/mol. The number of rotatable bonds is 14. The van der Waals surface area contributed by atoms with Crippen LogP contribution in [0, 0.1) is 0 Å². The molecule has 3 N–H and O–H groups in total. The van der Waals surface area contributed by atoms with Crippen molar-refractivity contribution < 1.29 is 38.5 Å². The van der Waals surface area contributed by atoms with Gasteiger partial charge in [0.1, 0.15) is 12.1 Å². The Kier molecular flexibility index (Phi) is 10.2. The minimum atomic E-state index is -0.676. The molecule has 0 spiro atoms. The summed E-state index contributed by atoms with van der Waals surface area (Å²) in [6.07, 6.45) is 0.858. The lowest BCUT2D eigenvalue weighted by molar-refractivity contribution is -0.137. The van der Waals surface area contributed by atoms with Gasteiger partial charge >= 0.3 is 0 Å². The van der Waals surface area contributed by atoms with E-state index in [9.17, 15) is 24.3 Å². The number of amides is 4. The SMILES string of the molecule is CCCOCC(O)COCCOCCC(=O)Nc1ccc2c(c1)CN(C1CCC(=O)NC1=O)C2=O. The summed E-state index contributed by atoms with van der Waals surface area (Å²) in [5.41, 5.74) is 1.75. The highest BCUT2D eigenvalue weighted by Crippen LogP contribution is 2.29. The van der Waals surface area contributed by atoms with Gasteiger partial charge in [0.15, 0.2) is 0 Å². The van der Waals surface area contributed by atoms with E-state index in [2.05, 4.69) is 10.6 Å². The van der Waals surface area contributed by atoms with Crippen LogP contribution in [-0.4, -0.2) is 85.4 Å². The van der Waals surface area contributed by atoms with Crippen molar-refractivity contribution in [2.24, 2.45) is 0 Å². The number of hydrogen-bond donors (Lipinski definition) is 3. The fourth-order valence-electron chi connectivity index (χ4n) is 3.89. The Morgan fingerprint density at radius 3 is 2.63 bits per heavy atom. The Labute approximate surface area is 204 Å². The predicted octanol–water partition coefficient (Wildman–Crippen LogP) is 0.597. The summed E-state index contributed by atoms with van der Waals surface area (Å²) in [7, 11) is 0. The fourth-order valence-corrected chi connectivity index (χ4v) is 3.89. The summed E-state index contributed by atoms with van der Waals surface area (Å²) in [6, 6.07) is 4.33. The fraction of sp³-hybridized carbons (Fsp3) is 0.583. The number of ether oxygens (including phenoxy) is 3. The van der Waals surface area contributed by atoms with Gasteiger partial charge in [-0.05, 0) is 36.6 Å². The van der Waals surface area contributed by atoms with Crippen molar-refractivity contribution in [3.05, 3.63) is 29.3 Å². The second kappa shape index (κ2) is 13.3. The molecular formula is C24H33N3O8. The summed E-state index contributed by atoms with van der Waals surface area (Å²) in [5, 5.41) is 14.7. The molecule has 1 saturated heterocycles. The van der Waals surface area contributed by atoms with Crippen molar-refractivity contribution in [3.8, 4) is 0 Å². The highest BCUT2D eigenvalue weighted by molar-refractivity contribution is 6.05. The van der Waals surface area contributed by atoms with E-state index in [-0.39, 0.29) is 56.9 Å². The maximum absolute atomic E-state index is 12.7. The van der Waals surface area contributed by atoms with Crippen molar-refractivity contribution in [2.45, 2.75) is 51.3 Å². The van der Waals surface area contributed by atoms with Gasteiger partial charge in [-0.25, -0.2) is 0 Å². The summed E-state index contributed by atoms with van der Waals surface area (Å²) < 4.78 is 15.9. The molecule has 2 aliphatic heterocycles. The molecule has 4 amide bonds. The van der Waals surface area contributed by atoms with Gasteiger partial charge in [0.25, 0.3) is 5.91 Å². The largest absolute Gasteiger partial charge is 0.388 e. The molecule has 35 heavy (non-hydrogen) atoms. The number of anilines is 1. The first-order chi connectivity index (χ1) is 16.9. The maximum atomic E-state index is 12.7. The molecule has 3 rings (SSSR count). The third-order valence-corrected chi connectivity index (χ3v) is 5.62. The summed E-state index contributed by atoms with van der Waals surface area (Å²) in [5.74, 6) is -1.29. The van der Waals surface area contributed by atoms with Crippen LogP contribution >= 0.6 is 0 Å². The van der Waals surface area contributed by atoms with Crippen molar-refractivity contribution >= 4 is 29.3 Å². The predicted molar refractivity (Wildman–Crippen MR) is 124 cm³/mol. The number of imide groups is 1. The second-order valence-corrected chi connectivity index (χ2v) is 8.49. The molecule has 0 bridgehead atoms. The molecule has 0 aromatic heterocycles. The molecule has 0 radical (unpaired) electrons. The van der Waals surface area contributed by atoms with E-state index >= 15 is 0 Å². The van der Waals surface area contributed by atoms with E-state index in [1.165, 1.54) is 4.90 Å². The van der Waals surface area contributed by atoms with Gasteiger partial charge in [-0.3, -0.25) is 24.5 Å². The molecule has 1 fully saturated rings. The minimum absolute atomic E-state index is 0.145. The van der Waals surface area contributed by atoms with Crippen LogP contribution in [0.5, 0.6) is 0 Å². The summed E-state index contributed by atoms with van der Waals surface area (Å²) in [4.78, 5) is 50.0. The Bertz CT molecular complexity index is 922. The zero-order valence-electron chi connectivity index (χ0n) is 19.9. The topological polar surface area (TPSA) is 144 Å². The first kappa shape index (κ1) is 26.7. The third kappa shape index (κ3) is 7.82. The average Bonchev–Trinajstić information content (AvgIpc) is 3.14. The van der Waals surface area contributed by atoms with Crippen molar-refractivity contribution in [3.63, 3.8) is 0 Å². The van der Waals surface area contributed by atoms with Crippen LogP contribution in [0.1, 0.15) is 48.5 Å². The lowest BCUT2D eigenvalue weighted by atomic mass is 10.0. The Balaban J connectivity index is 1.35. The van der Waals surface area contributed by atoms with Gasteiger partial charge in [0.2, 0.25) is 17.7 Å². The number of carbonyl (C=O) groups excluding carboxylic acids is 4. The van der Waals surface area contributed by atoms with Gasteiger partial charge in [0.05, 0.1) is 39.5 Å². The first-order valence-electron chi connectivity index (χ1n) is 11.9. The highest BCUT2D eigenvalue weighted by Gasteiger charge is 2.39. The number of piperidine rings is 1. The number of nitrogens with zero attached hydrogens (tertiary/aromatic N) is 1. The number of carbonyl (C=O) groups is 4.